The van der Waals surface area contributed by atoms with Crippen molar-refractivity contribution in [1.82, 2.24) is 0 Å². The number of rotatable bonds is 13. The number of hydrogen-bond donors (Lipinski definition) is 0. The summed E-state index contributed by atoms with van der Waals surface area (Å²) in [5.41, 5.74) is 0.602. The van der Waals surface area contributed by atoms with Crippen LogP contribution in [0, 0.1) is 0 Å². The van der Waals surface area contributed by atoms with Crippen molar-refractivity contribution >= 4 is 11.6 Å². The van der Waals surface area contributed by atoms with Crippen molar-refractivity contribution in [2.75, 3.05) is 7.11 Å². The van der Waals surface area contributed by atoms with Gasteiger partial charge in [-0.3, -0.25) is 9.59 Å². The number of allylic oxidation sites excluding steroid dienone is 3. The summed E-state index contributed by atoms with van der Waals surface area (Å²) in [4.78, 5) is 23.5. The molecule has 130 valence electrons. The van der Waals surface area contributed by atoms with Gasteiger partial charge in [-0.05, 0) is 18.9 Å². The molecule has 1 aliphatic carbocycles. The van der Waals surface area contributed by atoms with E-state index in [1.54, 1.807) is 0 Å². The summed E-state index contributed by atoms with van der Waals surface area (Å²) in [6.07, 6.45) is 17.5. The Balaban J connectivity index is 2.03. The zero-order valence-electron chi connectivity index (χ0n) is 14.9. The lowest BCUT2D eigenvalue weighted by Crippen LogP contribution is -2.15. The van der Waals surface area contributed by atoms with Crippen molar-refractivity contribution in [2.24, 2.45) is 0 Å². The van der Waals surface area contributed by atoms with Gasteiger partial charge < -0.3 is 4.74 Å². The van der Waals surface area contributed by atoms with Crippen molar-refractivity contribution in [2.45, 2.75) is 84.0 Å². The summed E-state index contributed by atoms with van der Waals surface area (Å²) < 4.78 is 4.96. The van der Waals surface area contributed by atoms with Crippen molar-refractivity contribution in [3.05, 3.63) is 23.5 Å². The third-order valence-corrected chi connectivity index (χ3v) is 4.37. The molecule has 0 atom stereocenters. The summed E-state index contributed by atoms with van der Waals surface area (Å²) in [6.45, 7) is 2.25. The maximum Gasteiger partial charge on any atom is 0.223 e. The molecular formula is C20H32O3. The standard InChI is InChI=1S/C20H32O3/c1-3-4-5-6-7-8-9-10-11-12-13-14-17-15-18(21)16-19(23-2)20(17)22/h15-16H,3-14H2,1-2H3. The van der Waals surface area contributed by atoms with Crippen molar-refractivity contribution in [3.8, 4) is 0 Å². The average Bonchev–Trinajstić information content (AvgIpc) is 2.55. The molecule has 0 fully saturated rings. The molecule has 3 nitrogen and oxygen atoms in total. The number of unbranched alkanes of at least 4 members (excludes halogenated alkanes) is 10. The second kappa shape index (κ2) is 12.1. The number of ketones is 2. The first-order valence-corrected chi connectivity index (χ1v) is 9.24. The predicted molar refractivity (Wildman–Crippen MR) is 94.3 cm³/mol. The summed E-state index contributed by atoms with van der Waals surface area (Å²) in [5, 5.41) is 0. The van der Waals surface area contributed by atoms with Gasteiger partial charge in [0.05, 0.1) is 7.11 Å². The first-order valence-electron chi connectivity index (χ1n) is 9.24. The van der Waals surface area contributed by atoms with E-state index in [-0.39, 0.29) is 17.3 Å². The van der Waals surface area contributed by atoms with Crippen LogP contribution in [0.5, 0.6) is 0 Å². The molecule has 0 unspecified atom stereocenters. The van der Waals surface area contributed by atoms with Crippen molar-refractivity contribution < 1.29 is 14.3 Å². The van der Waals surface area contributed by atoms with Crippen LogP contribution in [0.2, 0.25) is 0 Å². The molecule has 3 heteroatoms. The first kappa shape index (κ1) is 19.7. The van der Waals surface area contributed by atoms with E-state index in [0.717, 1.165) is 12.8 Å². The van der Waals surface area contributed by atoms with Crippen molar-refractivity contribution in [3.63, 3.8) is 0 Å². The highest BCUT2D eigenvalue weighted by atomic mass is 16.5. The summed E-state index contributed by atoms with van der Waals surface area (Å²) in [7, 11) is 1.43. The molecule has 0 saturated heterocycles. The van der Waals surface area contributed by atoms with Gasteiger partial charge in [0.1, 0.15) is 0 Å². The predicted octanol–water partition coefficient (Wildman–Crippen LogP) is 5.30. The van der Waals surface area contributed by atoms with Gasteiger partial charge in [-0.15, -0.1) is 0 Å². The van der Waals surface area contributed by atoms with E-state index in [4.69, 9.17) is 4.74 Å². The lowest BCUT2D eigenvalue weighted by Gasteiger charge is -2.12. The Kier molecular flexibility index (Phi) is 10.3. The highest BCUT2D eigenvalue weighted by molar-refractivity contribution is 6.19. The molecule has 0 heterocycles. The van der Waals surface area contributed by atoms with Gasteiger partial charge in [0.15, 0.2) is 11.5 Å². The fraction of sp³-hybridized carbons (Fsp3) is 0.700. The van der Waals surface area contributed by atoms with E-state index < -0.39 is 0 Å². The number of ether oxygens (including phenoxy) is 1. The van der Waals surface area contributed by atoms with E-state index in [9.17, 15) is 9.59 Å². The van der Waals surface area contributed by atoms with E-state index >= 15 is 0 Å². The number of carbonyl (C=O) groups is 2. The smallest absolute Gasteiger partial charge is 0.223 e. The molecule has 0 aliphatic heterocycles. The van der Waals surface area contributed by atoms with E-state index in [1.165, 1.54) is 77.0 Å². The molecule has 0 spiro atoms. The van der Waals surface area contributed by atoms with Gasteiger partial charge in [0.25, 0.3) is 0 Å². The van der Waals surface area contributed by atoms with Gasteiger partial charge in [-0.25, -0.2) is 0 Å². The van der Waals surface area contributed by atoms with Crippen LogP contribution in [-0.2, 0) is 14.3 Å². The van der Waals surface area contributed by atoms with Crippen LogP contribution < -0.4 is 0 Å². The number of carbonyl (C=O) groups excluding carboxylic acids is 2. The lowest BCUT2D eigenvalue weighted by atomic mass is 9.96. The second-order valence-corrected chi connectivity index (χ2v) is 6.40. The molecule has 0 aromatic heterocycles. The van der Waals surface area contributed by atoms with Crippen LogP contribution in [0.25, 0.3) is 0 Å². The zero-order valence-corrected chi connectivity index (χ0v) is 14.9. The van der Waals surface area contributed by atoms with Gasteiger partial charge in [0.2, 0.25) is 5.78 Å². The Hall–Kier alpha value is -1.38. The van der Waals surface area contributed by atoms with Crippen LogP contribution in [0.3, 0.4) is 0 Å². The third-order valence-electron chi connectivity index (χ3n) is 4.37. The minimum absolute atomic E-state index is 0.126. The van der Waals surface area contributed by atoms with Crippen LogP contribution in [0.1, 0.15) is 84.0 Å². The normalized spacial score (nSPS) is 14.7. The lowest BCUT2D eigenvalue weighted by molar-refractivity contribution is -0.117. The van der Waals surface area contributed by atoms with Gasteiger partial charge in [-0.2, -0.15) is 0 Å². The van der Waals surface area contributed by atoms with E-state index in [1.807, 2.05) is 0 Å². The van der Waals surface area contributed by atoms with Crippen LogP contribution in [-0.4, -0.2) is 18.7 Å². The second-order valence-electron chi connectivity index (χ2n) is 6.40. The van der Waals surface area contributed by atoms with E-state index in [0.29, 0.717) is 12.0 Å². The molecule has 0 N–H and O–H groups in total. The quantitative estimate of drug-likeness (QED) is 0.342. The Morgan fingerprint density at radius 3 is 1.83 bits per heavy atom. The number of Topliss-reactive ketones (excluding diaryl/α,β-unsaturated/α-hetero) is 1. The molecule has 1 rings (SSSR count). The topological polar surface area (TPSA) is 43.4 Å². The largest absolute Gasteiger partial charge is 0.493 e. The SMILES string of the molecule is CCCCCCCCCCCCCC1=CC(=O)C=C(OC)C1=O. The maximum absolute atomic E-state index is 12.0. The highest BCUT2D eigenvalue weighted by Gasteiger charge is 2.21. The molecular weight excluding hydrogens is 288 g/mol. The Morgan fingerprint density at radius 2 is 1.30 bits per heavy atom. The molecule has 0 amide bonds. The molecule has 0 aromatic carbocycles. The van der Waals surface area contributed by atoms with Gasteiger partial charge in [0, 0.05) is 11.6 Å². The molecule has 0 saturated carbocycles. The fourth-order valence-corrected chi connectivity index (χ4v) is 2.95. The highest BCUT2D eigenvalue weighted by Crippen LogP contribution is 2.20. The van der Waals surface area contributed by atoms with Crippen LogP contribution in [0.4, 0.5) is 0 Å². The zero-order chi connectivity index (χ0) is 16.9. The van der Waals surface area contributed by atoms with Crippen LogP contribution in [0.15, 0.2) is 23.5 Å². The van der Waals surface area contributed by atoms with Crippen LogP contribution >= 0.6 is 0 Å². The number of hydrogen-bond acceptors (Lipinski definition) is 3. The third kappa shape index (κ3) is 8.15. The summed E-state index contributed by atoms with van der Waals surface area (Å²) in [5.74, 6) is -0.0886. The van der Waals surface area contributed by atoms with Crippen molar-refractivity contribution in [1.29, 1.82) is 0 Å². The molecule has 1 aliphatic rings. The summed E-state index contributed by atoms with van der Waals surface area (Å²) in [6, 6.07) is 0. The molecule has 23 heavy (non-hydrogen) atoms. The molecule has 0 aromatic rings. The first-order chi connectivity index (χ1) is 11.2. The summed E-state index contributed by atoms with van der Waals surface area (Å²) >= 11 is 0. The fourth-order valence-electron chi connectivity index (χ4n) is 2.95. The average molecular weight is 320 g/mol. The minimum atomic E-state index is -0.139. The Morgan fingerprint density at radius 1 is 0.783 bits per heavy atom. The minimum Gasteiger partial charge on any atom is -0.493 e. The van der Waals surface area contributed by atoms with Gasteiger partial charge >= 0.3 is 0 Å². The van der Waals surface area contributed by atoms with E-state index in [2.05, 4.69) is 6.92 Å². The Labute approximate surface area is 141 Å². The van der Waals surface area contributed by atoms with Gasteiger partial charge in [-0.1, -0.05) is 71.1 Å². The number of methoxy groups -OCH3 is 1. The molecule has 0 bridgehead atoms. The Bertz CT molecular complexity index is 432. The maximum atomic E-state index is 12.0. The molecule has 0 radical (unpaired) electrons. The monoisotopic (exact) mass is 320 g/mol.